The summed E-state index contributed by atoms with van der Waals surface area (Å²) in [5.41, 5.74) is 0.298. The molecular weight excluding hydrogens is 260 g/mol. The number of carbonyl (C=O) groups is 1. The maximum atomic E-state index is 12.2. The molecular formula is C14H18N2O4. The fourth-order valence-corrected chi connectivity index (χ4v) is 2.69. The molecule has 1 aliphatic rings. The molecule has 1 saturated carbocycles. The molecule has 1 aromatic carbocycles. The topological polar surface area (TPSA) is 92.5 Å². The van der Waals surface area contributed by atoms with Gasteiger partial charge in [-0.2, -0.15) is 0 Å². The number of nitrogens with zero attached hydrogens (tertiary/aromatic N) is 1. The van der Waals surface area contributed by atoms with Gasteiger partial charge in [-0.3, -0.25) is 14.9 Å². The van der Waals surface area contributed by atoms with E-state index in [2.05, 4.69) is 5.32 Å². The van der Waals surface area contributed by atoms with Crippen LogP contribution < -0.4 is 5.32 Å². The largest absolute Gasteiger partial charge is 0.394 e. The summed E-state index contributed by atoms with van der Waals surface area (Å²) < 4.78 is 0. The molecule has 0 aromatic heterocycles. The first kappa shape index (κ1) is 14.5. The lowest BCUT2D eigenvalue weighted by Crippen LogP contribution is -2.49. The molecule has 0 spiro atoms. The Kier molecular flexibility index (Phi) is 4.04. The molecule has 6 heteroatoms. The zero-order chi connectivity index (χ0) is 14.8. The first-order valence-corrected chi connectivity index (χ1v) is 6.66. The van der Waals surface area contributed by atoms with E-state index in [1.807, 2.05) is 0 Å². The van der Waals surface area contributed by atoms with Crippen molar-refractivity contribution in [3.05, 3.63) is 39.4 Å². The number of nitro groups is 1. The second kappa shape index (κ2) is 5.58. The number of aliphatic hydroxyl groups excluding tert-OH is 1. The molecule has 2 N–H and O–H groups in total. The van der Waals surface area contributed by atoms with Crippen molar-refractivity contribution in [2.75, 3.05) is 6.61 Å². The molecule has 0 unspecified atom stereocenters. The van der Waals surface area contributed by atoms with Crippen molar-refractivity contribution in [2.24, 2.45) is 0 Å². The van der Waals surface area contributed by atoms with E-state index in [-0.39, 0.29) is 18.2 Å². The van der Waals surface area contributed by atoms with Crippen LogP contribution in [0.2, 0.25) is 0 Å². The average molecular weight is 278 g/mol. The number of amides is 1. The zero-order valence-corrected chi connectivity index (χ0v) is 11.4. The minimum Gasteiger partial charge on any atom is -0.394 e. The maximum absolute atomic E-state index is 12.2. The standard InChI is InChI=1S/C14H18N2O4/c1-10-8-11(4-5-12(10)16(19)20)13(18)15-14(9-17)6-2-3-7-14/h4-5,8,17H,2-3,6-7,9H2,1H3,(H,15,18). The van der Waals surface area contributed by atoms with E-state index in [0.717, 1.165) is 25.7 Å². The summed E-state index contributed by atoms with van der Waals surface area (Å²) in [4.78, 5) is 22.5. The van der Waals surface area contributed by atoms with E-state index < -0.39 is 10.5 Å². The highest BCUT2D eigenvalue weighted by Crippen LogP contribution is 2.29. The molecule has 0 saturated heterocycles. The van der Waals surface area contributed by atoms with Crippen LogP contribution in [-0.4, -0.2) is 28.1 Å². The number of rotatable bonds is 4. The molecule has 0 heterocycles. The van der Waals surface area contributed by atoms with E-state index in [1.54, 1.807) is 6.92 Å². The van der Waals surface area contributed by atoms with Gasteiger partial charge in [-0.25, -0.2) is 0 Å². The molecule has 0 radical (unpaired) electrons. The molecule has 0 aliphatic heterocycles. The van der Waals surface area contributed by atoms with Crippen molar-refractivity contribution >= 4 is 11.6 Å². The third-order valence-electron chi connectivity index (χ3n) is 3.90. The van der Waals surface area contributed by atoms with Gasteiger partial charge in [-0.15, -0.1) is 0 Å². The number of aryl methyl sites for hydroxylation is 1. The molecule has 108 valence electrons. The number of hydrogen-bond donors (Lipinski definition) is 2. The molecule has 0 atom stereocenters. The molecule has 6 nitrogen and oxygen atoms in total. The van der Waals surface area contributed by atoms with Crippen LogP contribution in [-0.2, 0) is 0 Å². The van der Waals surface area contributed by atoms with E-state index in [0.29, 0.717) is 11.1 Å². The minimum atomic E-state index is -0.535. The summed E-state index contributed by atoms with van der Waals surface area (Å²) in [5.74, 6) is -0.293. The molecule has 1 aliphatic carbocycles. The average Bonchev–Trinajstić information content (AvgIpc) is 2.87. The summed E-state index contributed by atoms with van der Waals surface area (Å²) in [6.07, 6.45) is 3.50. The van der Waals surface area contributed by atoms with Crippen LogP contribution >= 0.6 is 0 Å². The molecule has 2 rings (SSSR count). The van der Waals surface area contributed by atoms with Crippen molar-refractivity contribution in [2.45, 2.75) is 38.1 Å². The lowest BCUT2D eigenvalue weighted by Gasteiger charge is -2.28. The van der Waals surface area contributed by atoms with E-state index >= 15 is 0 Å². The molecule has 1 fully saturated rings. The number of nitro benzene ring substituents is 1. The van der Waals surface area contributed by atoms with Crippen molar-refractivity contribution < 1.29 is 14.8 Å². The van der Waals surface area contributed by atoms with Gasteiger partial charge in [-0.1, -0.05) is 12.8 Å². The molecule has 20 heavy (non-hydrogen) atoms. The monoisotopic (exact) mass is 278 g/mol. The van der Waals surface area contributed by atoms with Crippen molar-refractivity contribution in [3.8, 4) is 0 Å². The van der Waals surface area contributed by atoms with E-state index in [4.69, 9.17) is 0 Å². The van der Waals surface area contributed by atoms with Crippen LogP contribution in [0.4, 0.5) is 5.69 Å². The van der Waals surface area contributed by atoms with Crippen LogP contribution in [0.1, 0.15) is 41.6 Å². The predicted octanol–water partition coefficient (Wildman–Crippen LogP) is 1.94. The van der Waals surface area contributed by atoms with Crippen molar-refractivity contribution in [1.29, 1.82) is 0 Å². The fraction of sp³-hybridized carbons (Fsp3) is 0.500. The molecule has 1 aromatic rings. The van der Waals surface area contributed by atoms with E-state index in [9.17, 15) is 20.0 Å². The summed E-state index contributed by atoms with van der Waals surface area (Å²) in [6.45, 7) is 1.52. The highest BCUT2D eigenvalue weighted by Gasteiger charge is 2.34. The quantitative estimate of drug-likeness (QED) is 0.650. The Morgan fingerprint density at radius 2 is 2.10 bits per heavy atom. The Labute approximate surface area is 117 Å². The second-order valence-corrected chi connectivity index (χ2v) is 5.36. The lowest BCUT2D eigenvalue weighted by molar-refractivity contribution is -0.385. The van der Waals surface area contributed by atoms with Gasteiger partial charge in [0.05, 0.1) is 17.1 Å². The van der Waals surface area contributed by atoms with Gasteiger partial charge in [0.15, 0.2) is 0 Å². The highest BCUT2D eigenvalue weighted by molar-refractivity contribution is 5.95. The van der Waals surface area contributed by atoms with Crippen molar-refractivity contribution in [1.82, 2.24) is 5.32 Å². The summed E-state index contributed by atoms with van der Waals surface area (Å²) in [6, 6.07) is 4.29. The molecule has 1 amide bonds. The van der Waals surface area contributed by atoms with Gasteiger partial charge >= 0.3 is 0 Å². The SMILES string of the molecule is Cc1cc(C(=O)NC2(CO)CCCC2)ccc1[N+](=O)[O-]. The Bertz CT molecular complexity index is 536. The Morgan fingerprint density at radius 3 is 2.60 bits per heavy atom. The first-order chi connectivity index (χ1) is 9.47. The van der Waals surface area contributed by atoms with Crippen molar-refractivity contribution in [3.63, 3.8) is 0 Å². The highest BCUT2D eigenvalue weighted by atomic mass is 16.6. The van der Waals surface area contributed by atoms with Gasteiger partial charge in [-0.05, 0) is 31.9 Å². The van der Waals surface area contributed by atoms with Crippen LogP contribution in [0.5, 0.6) is 0 Å². The Balaban J connectivity index is 2.17. The zero-order valence-electron chi connectivity index (χ0n) is 11.4. The van der Waals surface area contributed by atoms with Crippen LogP contribution in [0.3, 0.4) is 0 Å². The van der Waals surface area contributed by atoms with Gasteiger partial charge in [0.2, 0.25) is 0 Å². The Hall–Kier alpha value is -1.95. The number of carbonyl (C=O) groups excluding carboxylic acids is 1. The number of aliphatic hydroxyl groups is 1. The third kappa shape index (κ3) is 2.80. The first-order valence-electron chi connectivity index (χ1n) is 6.66. The second-order valence-electron chi connectivity index (χ2n) is 5.36. The van der Waals surface area contributed by atoms with E-state index in [1.165, 1.54) is 18.2 Å². The predicted molar refractivity (Wildman–Crippen MR) is 73.6 cm³/mol. The lowest BCUT2D eigenvalue weighted by atomic mass is 9.98. The Morgan fingerprint density at radius 1 is 1.45 bits per heavy atom. The molecule has 0 bridgehead atoms. The van der Waals surface area contributed by atoms with Gasteiger partial charge in [0.25, 0.3) is 11.6 Å². The third-order valence-corrected chi connectivity index (χ3v) is 3.90. The number of hydrogen-bond acceptors (Lipinski definition) is 4. The number of nitrogens with one attached hydrogen (secondary N) is 1. The van der Waals surface area contributed by atoms with Crippen LogP contribution in [0, 0.1) is 17.0 Å². The summed E-state index contributed by atoms with van der Waals surface area (Å²) in [5, 5.41) is 23.1. The van der Waals surface area contributed by atoms with Gasteiger partial charge < -0.3 is 10.4 Å². The van der Waals surface area contributed by atoms with Gasteiger partial charge in [0.1, 0.15) is 0 Å². The maximum Gasteiger partial charge on any atom is 0.272 e. The summed E-state index contributed by atoms with van der Waals surface area (Å²) in [7, 11) is 0. The minimum absolute atomic E-state index is 0.000659. The normalized spacial score (nSPS) is 16.9. The smallest absolute Gasteiger partial charge is 0.272 e. The number of benzene rings is 1. The summed E-state index contributed by atoms with van der Waals surface area (Å²) >= 11 is 0. The van der Waals surface area contributed by atoms with Crippen LogP contribution in [0.15, 0.2) is 18.2 Å². The fourth-order valence-electron chi connectivity index (χ4n) is 2.69. The van der Waals surface area contributed by atoms with Crippen LogP contribution in [0.25, 0.3) is 0 Å². The van der Waals surface area contributed by atoms with Gasteiger partial charge in [0, 0.05) is 17.2 Å².